The molecule has 2 heterocycles. The quantitative estimate of drug-likeness (QED) is 0.129. The monoisotopic (exact) mass is 607 g/mol. The van der Waals surface area contributed by atoms with Gasteiger partial charge in [-0.25, -0.2) is 19.6 Å². The lowest BCUT2D eigenvalue weighted by Gasteiger charge is -2.34. The zero-order chi connectivity index (χ0) is 31.4. The van der Waals surface area contributed by atoms with Gasteiger partial charge in [0.15, 0.2) is 0 Å². The van der Waals surface area contributed by atoms with Crippen LogP contribution in [0.25, 0.3) is 0 Å². The summed E-state index contributed by atoms with van der Waals surface area (Å²) in [6, 6.07) is 15.6. The topological polar surface area (TPSA) is 205 Å². The normalized spacial score (nSPS) is 11.7. The predicted octanol–water partition coefficient (Wildman–Crippen LogP) is 2.92. The summed E-state index contributed by atoms with van der Waals surface area (Å²) >= 11 is 1.02. The van der Waals surface area contributed by atoms with E-state index in [-0.39, 0.29) is 31.0 Å². The van der Waals surface area contributed by atoms with Gasteiger partial charge in [-0.2, -0.15) is 5.26 Å². The number of nitrogens with zero attached hydrogens (tertiary/aromatic N) is 5. The number of carboxylic acids is 4. The first-order valence-corrected chi connectivity index (χ1v) is 13.8. The van der Waals surface area contributed by atoms with Crippen molar-refractivity contribution in [2.45, 2.75) is 36.9 Å². The van der Waals surface area contributed by atoms with Crippen LogP contribution < -0.4 is 0 Å². The molecule has 3 aromatic rings. The van der Waals surface area contributed by atoms with Crippen molar-refractivity contribution in [2.24, 2.45) is 0 Å². The number of benzene rings is 1. The Balaban J connectivity index is 1.94. The van der Waals surface area contributed by atoms with Crippen LogP contribution in [0.5, 0.6) is 0 Å². The molecule has 0 radical (unpaired) electrons. The minimum atomic E-state index is -1.23. The van der Waals surface area contributed by atoms with Gasteiger partial charge in [0.2, 0.25) is 0 Å². The van der Waals surface area contributed by atoms with Gasteiger partial charge in [-0.15, -0.1) is 0 Å². The second kappa shape index (κ2) is 16.0. The Labute approximate surface area is 251 Å². The molecule has 4 N–H and O–H groups in total. The number of thiocyanates is 1. The van der Waals surface area contributed by atoms with Gasteiger partial charge < -0.3 is 20.4 Å². The van der Waals surface area contributed by atoms with Crippen molar-refractivity contribution in [3.8, 4) is 5.40 Å². The van der Waals surface area contributed by atoms with Crippen LogP contribution in [0, 0.1) is 10.7 Å². The smallest absolute Gasteiger partial charge is 0.354 e. The van der Waals surface area contributed by atoms with Gasteiger partial charge >= 0.3 is 23.9 Å². The maximum Gasteiger partial charge on any atom is 0.354 e. The van der Waals surface area contributed by atoms with Gasteiger partial charge in [-0.1, -0.05) is 24.3 Å². The highest BCUT2D eigenvalue weighted by atomic mass is 32.2. The van der Waals surface area contributed by atoms with Gasteiger partial charge in [0, 0.05) is 30.6 Å². The van der Waals surface area contributed by atoms with Crippen LogP contribution >= 0.6 is 11.8 Å². The summed E-state index contributed by atoms with van der Waals surface area (Å²) in [6.07, 6.45) is 0.865. The van der Waals surface area contributed by atoms with Crippen LogP contribution in [0.15, 0.2) is 65.6 Å². The van der Waals surface area contributed by atoms with E-state index in [2.05, 4.69) is 9.97 Å². The zero-order valence-corrected chi connectivity index (χ0v) is 23.7. The van der Waals surface area contributed by atoms with E-state index < -0.39 is 43.0 Å². The number of hydrogen-bond acceptors (Lipinski definition) is 10. The molecule has 3 rings (SSSR count). The number of rotatable bonds is 17. The molecule has 13 nitrogen and oxygen atoms in total. The molecule has 0 saturated heterocycles. The average Bonchev–Trinajstić information content (AvgIpc) is 2.95. The Kier molecular flexibility index (Phi) is 12.1. The molecule has 0 aliphatic rings. The second-order valence-electron chi connectivity index (χ2n) is 9.53. The summed E-state index contributed by atoms with van der Waals surface area (Å²) in [5, 5.41) is 49.0. The number of aryl methyl sites for hydroxylation is 1. The van der Waals surface area contributed by atoms with Crippen LogP contribution in [0.2, 0.25) is 0 Å². The first-order chi connectivity index (χ1) is 20.5. The Bertz CT molecular complexity index is 1490. The summed E-state index contributed by atoms with van der Waals surface area (Å²) in [5.74, 6) is -4.74. The maximum absolute atomic E-state index is 12.0. The van der Waals surface area contributed by atoms with Crippen molar-refractivity contribution in [2.75, 3.05) is 19.6 Å². The van der Waals surface area contributed by atoms with Crippen molar-refractivity contribution in [3.63, 3.8) is 0 Å². The van der Waals surface area contributed by atoms with Gasteiger partial charge in [0.25, 0.3) is 0 Å². The van der Waals surface area contributed by atoms with Gasteiger partial charge in [0.05, 0.1) is 24.5 Å². The molecule has 0 aliphatic heterocycles. The highest BCUT2D eigenvalue weighted by Crippen LogP contribution is 2.20. The number of carbonyl (C=O) groups is 4. The van der Waals surface area contributed by atoms with Gasteiger partial charge in [0.1, 0.15) is 16.8 Å². The summed E-state index contributed by atoms with van der Waals surface area (Å²) in [4.78, 5) is 58.8. The molecule has 1 unspecified atom stereocenters. The number of nitriles is 1. The molecule has 0 aliphatic carbocycles. The van der Waals surface area contributed by atoms with Crippen LogP contribution in [0.3, 0.4) is 0 Å². The van der Waals surface area contributed by atoms with E-state index in [1.165, 1.54) is 24.3 Å². The summed E-state index contributed by atoms with van der Waals surface area (Å²) in [5.41, 5.74) is 1.17. The van der Waals surface area contributed by atoms with E-state index in [0.717, 1.165) is 22.2 Å². The van der Waals surface area contributed by atoms with E-state index in [4.69, 9.17) is 5.26 Å². The fourth-order valence-corrected chi connectivity index (χ4v) is 4.85. The molecule has 14 heteroatoms. The highest BCUT2D eigenvalue weighted by molar-refractivity contribution is 8.03. The SMILES string of the molecule is N#CSc1ccc(CCC(CN(CC(=O)O)Cc2cccc(C(=O)O)n2)N(CC(=O)O)Cc2cccc(C(=O)O)n2)cc1. The molecule has 0 amide bonds. The molecular weight excluding hydrogens is 578 g/mol. The third-order valence-corrected chi connectivity index (χ3v) is 6.94. The number of aromatic nitrogens is 2. The zero-order valence-electron chi connectivity index (χ0n) is 22.9. The fourth-order valence-electron chi connectivity index (χ4n) is 4.47. The lowest BCUT2D eigenvalue weighted by Crippen LogP contribution is -2.47. The number of hydrogen-bond donors (Lipinski definition) is 4. The van der Waals surface area contributed by atoms with Gasteiger partial charge in [-0.05, 0) is 66.6 Å². The third kappa shape index (κ3) is 10.8. The lowest BCUT2D eigenvalue weighted by atomic mass is 10.0. The molecule has 2 aromatic heterocycles. The third-order valence-electron chi connectivity index (χ3n) is 6.34. The summed E-state index contributed by atoms with van der Waals surface area (Å²) in [6.45, 7) is -0.834. The Morgan fingerprint density at radius 3 is 1.86 bits per heavy atom. The molecule has 43 heavy (non-hydrogen) atoms. The van der Waals surface area contributed by atoms with E-state index in [1.54, 1.807) is 34.1 Å². The summed E-state index contributed by atoms with van der Waals surface area (Å²) < 4.78 is 0. The molecule has 0 bridgehead atoms. The molecule has 1 atom stereocenters. The largest absolute Gasteiger partial charge is 0.480 e. The first kappa shape index (κ1) is 32.7. The average molecular weight is 608 g/mol. The maximum atomic E-state index is 12.0. The molecular formula is C29H29N5O8S. The minimum absolute atomic E-state index is 0.0162. The van der Waals surface area contributed by atoms with Crippen molar-refractivity contribution in [1.29, 1.82) is 5.26 Å². The molecule has 0 spiro atoms. The molecule has 1 aromatic carbocycles. The Morgan fingerprint density at radius 2 is 1.35 bits per heavy atom. The first-order valence-electron chi connectivity index (χ1n) is 13.0. The standard InChI is InChI=1S/C29H29N5O8S/c30-18-43-23-11-8-19(9-12-23)7-10-22(34(17-27(37)38)14-21-4-2-6-25(32-21)29(41)42)15-33(16-26(35)36)13-20-3-1-5-24(31-20)28(39)40/h1-6,8-9,11-12,22H,7,10,13-17H2,(H,35,36)(H,37,38)(H,39,40)(H,41,42). The summed E-state index contributed by atoms with van der Waals surface area (Å²) in [7, 11) is 0. The van der Waals surface area contributed by atoms with E-state index in [9.17, 15) is 39.6 Å². The number of thioether (sulfide) groups is 1. The Hall–Kier alpha value is -4.84. The molecule has 0 saturated carbocycles. The fraction of sp³-hybridized carbons (Fsp3) is 0.276. The van der Waals surface area contributed by atoms with Gasteiger partial charge in [-0.3, -0.25) is 19.4 Å². The minimum Gasteiger partial charge on any atom is -0.480 e. The van der Waals surface area contributed by atoms with Crippen LogP contribution in [0.1, 0.15) is 44.3 Å². The van der Waals surface area contributed by atoms with Crippen LogP contribution in [-0.4, -0.2) is 89.7 Å². The lowest BCUT2D eigenvalue weighted by molar-refractivity contribution is -0.141. The highest BCUT2D eigenvalue weighted by Gasteiger charge is 2.26. The predicted molar refractivity (Wildman–Crippen MR) is 153 cm³/mol. The van der Waals surface area contributed by atoms with E-state index in [1.807, 2.05) is 17.5 Å². The number of carboxylic acid groups (broad SMARTS) is 4. The van der Waals surface area contributed by atoms with Crippen molar-refractivity contribution < 1.29 is 39.6 Å². The van der Waals surface area contributed by atoms with E-state index in [0.29, 0.717) is 24.2 Å². The van der Waals surface area contributed by atoms with Crippen LogP contribution in [-0.2, 0) is 29.1 Å². The Morgan fingerprint density at radius 1 is 0.791 bits per heavy atom. The number of pyridine rings is 2. The van der Waals surface area contributed by atoms with Crippen molar-refractivity contribution >= 4 is 35.6 Å². The van der Waals surface area contributed by atoms with Crippen LogP contribution in [0.4, 0.5) is 0 Å². The second-order valence-corrected chi connectivity index (χ2v) is 10.4. The van der Waals surface area contributed by atoms with E-state index >= 15 is 0 Å². The molecule has 224 valence electrons. The van der Waals surface area contributed by atoms with Crippen molar-refractivity contribution in [1.82, 2.24) is 19.8 Å². The number of aromatic carboxylic acids is 2. The number of aliphatic carboxylic acids is 2. The van der Waals surface area contributed by atoms with Crippen molar-refractivity contribution in [3.05, 3.63) is 89.0 Å². The molecule has 0 fully saturated rings.